The van der Waals surface area contributed by atoms with Crippen molar-refractivity contribution in [1.82, 2.24) is 9.97 Å². The number of carbonyl (C=O) groups excluding carboxylic acids is 1. The molecule has 2 aromatic carbocycles. The van der Waals surface area contributed by atoms with Gasteiger partial charge < -0.3 is 10.1 Å². The molecule has 5 nitrogen and oxygen atoms in total. The van der Waals surface area contributed by atoms with E-state index in [-0.39, 0.29) is 5.56 Å². The molecule has 0 spiro atoms. The summed E-state index contributed by atoms with van der Waals surface area (Å²) in [5.41, 5.74) is 1.35. The summed E-state index contributed by atoms with van der Waals surface area (Å²) in [7, 11) is 1.59. The largest absolute Gasteiger partial charge is 0.497 e. The summed E-state index contributed by atoms with van der Waals surface area (Å²) in [6.07, 6.45) is 3.37. The molecule has 1 atom stereocenters. The van der Waals surface area contributed by atoms with Crippen LogP contribution < -0.4 is 10.1 Å². The van der Waals surface area contributed by atoms with Gasteiger partial charge in [-0.1, -0.05) is 18.2 Å². The summed E-state index contributed by atoms with van der Waals surface area (Å²) >= 11 is 0. The van der Waals surface area contributed by atoms with E-state index in [1.807, 2.05) is 18.4 Å². The van der Waals surface area contributed by atoms with Gasteiger partial charge in [-0.3, -0.25) is 4.79 Å². The minimum absolute atomic E-state index is 0.228. The van der Waals surface area contributed by atoms with E-state index in [9.17, 15) is 9.18 Å². The van der Waals surface area contributed by atoms with E-state index in [0.29, 0.717) is 11.6 Å². The molecule has 125 valence electrons. The van der Waals surface area contributed by atoms with Crippen LogP contribution in [0.4, 0.5) is 16.0 Å². The van der Waals surface area contributed by atoms with Gasteiger partial charge in [0.25, 0.3) is 0 Å². The molecule has 1 radical (unpaired) electrons. The monoisotopic (exact) mass is 336 g/mol. The minimum atomic E-state index is -0.916. The highest BCUT2D eigenvalue weighted by Crippen LogP contribution is 2.25. The molecule has 0 aliphatic heterocycles. The fourth-order valence-corrected chi connectivity index (χ4v) is 2.39. The fraction of sp³-hybridized carbons (Fsp3) is 0.105. The van der Waals surface area contributed by atoms with Crippen molar-refractivity contribution in [2.45, 2.75) is 5.92 Å². The topological polar surface area (TPSA) is 64.1 Å². The van der Waals surface area contributed by atoms with Crippen molar-refractivity contribution in [3.05, 3.63) is 77.9 Å². The van der Waals surface area contributed by atoms with E-state index in [4.69, 9.17) is 4.74 Å². The molecule has 0 fully saturated rings. The van der Waals surface area contributed by atoms with Crippen molar-refractivity contribution in [1.29, 1.82) is 0 Å². The molecule has 3 aromatic rings. The molecule has 0 amide bonds. The molecular formula is C19H15FN3O2. The van der Waals surface area contributed by atoms with Crippen LogP contribution in [0.15, 0.2) is 60.8 Å². The molecule has 25 heavy (non-hydrogen) atoms. The van der Waals surface area contributed by atoms with Gasteiger partial charge in [0.1, 0.15) is 11.6 Å². The molecule has 1 aromatic heterocycles. The van der Waals surface area contributed by atoms with Crippen molar-refractivity contribution < 1.29 is 13.9 Å². The van der Waals surface area contributed by atoms with Crippen LogP contribution in [0.25, 0.3) is 0 Å². The van der Waals surface area contributed by atoms with Crippen LogP contribution >= 0.6 is 0 Å². The first-order valence-corrected chi connectivity index (χ1v) is 7.57. The maximum atomic E-state index is 14.0. The number of methoxy groups -OCH3 is 1. The second-order valence-electron chi connectivity index (χ2n) is 5.23. The maximum Gasteiger partial charge on any atom is 0.227 e. The molecular weight excluding hydrogens is 321 g/mol. The van der Waals surface area contributed by atoms with Crippen molar-refractivity contribution in [2.24, 2.45) is 0 Å². The molecule has 6 heteroatoms. The molecule has 0 aliphatic carbocycles. The predicted octanol–water partition coefficient (Wildman–Crippen LogP) is 3.61. The molecule has 0 saturated heterocycles. The van der Waals surface area contributed by atoms with Crippen LogP contribution in [0.5, 0.6) is 5.75 Å². The highest BCUT2D eigenvalue weighted by molar-refractivity contribution is 5.68. The number of anilines is 2. The summed E-state index contributed by atoms with van der Waals surface area (Å²) in [5, 5.41) is 3.04. The van der Waals surface area contributed by atoms with E-state index in [0.717, 1.165) is 11.4 Å². The Morgan fingerprint density at radius 1 is 1.12 bits per heavy atom. The van der Waals surface area contributed by atoms with Crippen molar-refractivity contribution in [3.63, 3.8) is 0 Å². The molecule has 1 heterocycles. The number of nitrogens with one attached hydrogen (secondary N) is 1. The van der Waals surface area contributed by atoms with Crippen molar-refractivity contribution in [2.75, 3.05) is 12.4 Å². The Morgan fingerprint density at radius 3 is 2.56 bits per heavy atom. The van der Waals surface area contributed by atoms with Crippen molar-refractivity contribution in [3.8, 4) is 5.75 Å². The number of aromatic nitrogens is 2. The first-order valence-electron chi connectivity index (χ1n) is 7.57. The Bertz CT molecular complexity index is 869. The number of nitrogens with zero attached hydrogens (tertiary/aromatic N) is 2. The highest BCUT2D eigenvalue weighted by atomic mass is 19.1. The Morgan fingerprint density at radius 2 is 1.88 bits per heavy atom. The third kappa shape index (κ3) is 3.80. The lowest BCUT2D eigenvalue weighted by Gasteiger charge is -2.12. The minimum Gasteiger partial charge on any atom is -0.497 e. The Balaban J connectivity index is 1.87. The first-order chi connectivity index (χ1) is 12.2. The maximum absolute atomic E-state index is 14.0. The third-order valence-electron chi connectivity index (χ3n) is 3.65. The van der Waals surface area contributed by atoms with Crippen LogP contribution in [-0.2, 0) is 4.79 Å². The average Bonchev–Trinajstić information content (AvgIpc) is 2.65. The van der Waals surface area contributed by atoms with Crippen LogP contribution in [0, 0.1) is 5.82 Å². The molecule has 1 N–H and O–H groups in total. The number of halogens is 1. The number of hydrogen-bond donors (Lipinski definition) is 1. The lowest BCUT2D eigenvalue weighted by molar-refractivity contribution is 0.415. The van der Waals surface area contributed by atoms with E-state index >= 15 is 0 Å². The molecule has 0 aliphatic rings. The quantitative estimate of drug-likeness (QED) is 0.745. The summed E-state index contributed by atoms with van der Waals surface area (Å²) in [6, 6.07) is 14.9. The standard InChI is InChI=1S/C19H15FN3O2/c1-25-14-8-6-13(7-9-14)22-19-21-11-10-18(23-19)16(12-24)15-4-2-3-5-17(15)20/h2-11,16H,1H3,(H,21,22,23). The summed E-state index contributed by atoms with van der Waals surface area (Å²) in [6.45, 7) is 0. The SMILES string of the molecule is COc1ccc(Nc2nccc(C([C]=O)c3ccccc3F)n2)cc1. The van der Waals surface area contributed by atoms with Gasteiger partial charge in [0.2, 0.25) is 12.2 Å². The number of ether oxygens (including phenoxy) is 1. The Hall–Kier alpha value is -3.28. The molecule has 3 rings (SSSR count). The fourth-order valence-electron chi connectivity index (χ4n) is 2.39. The third-order valence-corrected chi connectivity index (χ3v) is 3.65. The highest BCUT2D eigenvalue weighted by Gasteiger charge is 2.20. The van der Waals surface area contributed by atoms with E-state index < -0.39 is 11.7 Å². The molecule has 1 unspecified atom stereocenters. The van der Waals surface area contributed by atoms with Gasteiger partial charge in [0.05, 0.1) is 18.7 Å². The lowest BCUT2D eigenvalue weighted by Crippen LogP contribution is -2.09. The van der Waals surface area contributed by atoms with Crippen molar-refractivity contribution >= 4 is 17.9 Å². The zero-order valence-corrected chi connectivity index (χ0v) is 13.4. The Labute approximate surface area is 144 Å². The van der Waals surface area contributed by atoms with Gasteiger partial charge in [-0.2, -0.15) is 0 Å². The normalized spacial score (nSPS) is 11.6. The summed E-state index contributed by atoms with van der Waals surface area (Å²) in [4.78, 5) is 19.9. The van der Waals surface area contributed by atoms with Gasteiger partial charge in [0, 0.05) is 17.4 Å². The number of hydrogen-bond acceptors (Lipinski definition) is 5. The van der Waals surface area contributed by atoms with Gasteiger partial charge >= 0.3 is 0 Å². The second kappa shape index (κ2) is 7.53. The number of benzene rings is 2. The van der Waals surface area contributed by atoms with Crippen LogP contribution in [0.3, 0.4) is 0 Å². The number of rotatable bonds is 6. The first kappa shape index (κ1) is 16.6. The average molecular weight is 336 g/mol. The van der Waals surface area contributed by atoms with Gasteiger partial charge in [-0.05, 0) is 36.4 Å². The van der Waals surface area contributed by atoms with Gasteiger partial charge in [-0.25, -0.2) is 14.4 Å². The molecule has 0 bridgehead atoms. The summed E-state index contributed by atoms with van der Waals surface area (Å²) in [5.74, 6) is -0.352. The van der Waals surface area contributed by atoms with E-state index in [1.54, 1.807) is 43.5 Å². The predicted molar refractivity (Wildman–Crippen MR) is 92.2 cm³/mol. The van der Waals surface area contributed by atoms with E-state index in [2.05, 4.69) is 15.3 Å². The zero-order chi connectivity index (χ0) is 17.6. The molecule has 0 saturated carbocycles. The van der Waals surface area contributed by atoms with Crippen LogP contribution in [0.1, 0.15) is 17.2 Å². The van der Waals surface area contributed by atoms with Crippen LogP contribution in [0.2, 0.25) is 0 Å². The summed E-state index contributed by atoms with van der Waals surface area (Å²) < 4.78 is 19.1. The van der Waals surface area contributed by atoms with Gasteiger partial charge in [-0.15, -0.1) is 0 Å². The smallest absolute Gasteiger partial charge is 0.227 e. The zero-order valence-electron chi connectivity index (χ0n) is 13.4. The van der Waals surface area contributed by atoms with Gasteiger partial charge in [0.15, 0.2) is 0 Å². The second-order valence-corrected chi connectivity index (χ2v) is 5.23. The van der Waals surface area contributed by atoms with E-state index in [1.165, 1.54) is 12.3 Å². The lowest BCUT2D eigenvalue weighted by atomic mass is 9.96. The Kier molecular flexibility index (Phi) is 4.99. The van der Waals surface area contributed by atoms with Crippen LogP contribution in [-0.4, -0.2) is 23.4 Å².